The number of fused-ring (bicyclic) bond motifs is 10. The standard InChI is InChI=1S/C23H15N3O3/c1-11(27)26-22(28)18-16-12-7-3-5-9-14(12)24-20(16)21-17(19(18)23(26)29)13-8-4-6-10-15(13)25(21)2/h3-10,24H,1-2H3. The molecule has 1 aliphatic rings. The number of para-hydroxylation sites is 2. The molecule has 1 N–H and O–H groups in total. The second-order valence-corrected chi connectivity index (χ2v) is 7.44. The zero-order valence-corrected chi connectivity index (χ0v) is 15.7. The number of hydrogen-bond acceptors (Lipinski definition) is 3. The molecule has 29 heavy (non-hydrogen) atoms. The summed E-state index contributed by atoms with van der Waals surface area (Å²) in [5.74, 6) is -1.68. The number of imide groups is 3. The van der Waals surface area contributed by atoms with Crippen molar-refractivity contribution >= 4 is 61.3 Å². The molecule has 0 fully saturated rings. The van der Waals surface area contributed by atoms with Crippen LogP contribution < -0.4 is 0 Å². The van der Waals surface area contributed by atoms with Gasteiger partial charge in [0.25, 0.3) is 11.8 Å². The van der Waals surface area contributed by atoms with Gasteiger partial charge in [0.2, 0.25) is 5.91 Å². The summed E-state index contributed by atoms with van der Waals surface area (Å²) < 4.78 is 2.04. The first-order chi connectivity index (χ1) is 14.0. The molecule has 0 spiro atoms. The van der Waals surface area contributed by atoms with Crippen LogP contribution in [0.15, 0.2) is 48.5 Å². The van der Waals surface area contributed by atoms with E-state index >= 15 is 0 Å². The monoisotopic (exact) mass is 381 g/mol. The minimum absolute atomic E-state index is 0.307. The van der Waals surface area contributed by atoms with Gasteiger partial charge in [-0.1, -0.05) is 36.4 Å². The third kappa shape index (κ3) is 1.74. The summed E-state index contributed by atoms with van der Waals surface area (Å²) in [6.45, 7) is 1.24. The van der Waals surface area contributed by atoms with Crippen LogP contribution in [0.2, 0.25) is 0 Å². The van der Waals surface area contributed by atoms with Crippen LogP contribution in [-0.4, -0.2) is 32.2 Å². The summed E-state index contributed by atoms with van der Waals surface area (Å²) in [6.07, 6.45) is 0. The number of hydrogen-bond donors (Lipinski definition) is 1. The normalized spacial score (nSPS) is 14.1. The summed E-state index contributed by atoms with van der Waals surface area (Å²) in [4.78, 5) is 42.9. The largest absolute Gasteiger partial charge is 0.353 e. The molecule has 5 aromatic rings. The molecule has 6 nitrogen and oxygen atoms in total. The smallest absolute Gasteiger partial charge is 0.269 e. The third-order valence-corrected chi connectivity index (χ3v) is 5.95. The zero-order valence-electron chi connectivity index (χ0n) is 15.7. The Morgan fingerprint density at radius 2 is 1.48 bits per heavy atom. The van der Waals surface area contributed by atoms with Gasteiger partial charge >= 0.3 is 0 Å². The van der Waals surface area contributed by atoms with Gasteiger partial charge in [0.05, 0.1) is 22.2 Å². The summed E-state index contributed by atoms with van der Waals surface area (Å²) in [7, 11) is 1.95. The van der Waals surface area contributed by atoms with Crippen molar-refractivity contribution in [2.45, 2.75) is 6.92 Å². The Morgan fingerprint density at radius 1 is 0.862 bits per heavy atom. The molecule has 0 saturated heterocycles. The van der Waals surface area contributed by atoms with Crippen LogP contribution in [0.1, 0.15) is 27.6 Å². The lowest BCUT2D eigenvalue weighted by molar-refractivity contribution is -0.124. The number of carbonyl (C=O) groups is 3. The van der Waals surface area contributed by atoms with Crippen molar-refractivity contribution in [3.05, 3.63) is 59.7 Å². The molecule has 6 heteroatoms. The SMILES string of the molecule is CC(=O)N1C(=O)c2c(c3c4ccccc4n(C)c3c3[nH]c4ccccc4c23)C1=O. The van der Waals surface area contributed by atoms with E-state index in [1.54, 1.807) is 0 Å². The molecule has 0 unspecified atom stereocenters. The molecule has 0 atom stereocenters. The van der Waals surface area contributed by atoms with E-state index in [9.17, 15) is 14.4 Å². The van der Waals surface area contributed by atoms with Gasteiger partial charge in [-0.05, 0) is 12.1 Å². The van der Waals surface area contributed by atoms with E-state index in [1.165, 1.54) is 6.92 Å². The van der Waals surface area contributed by atoms with Gasteiger partial charge in [-0.25, -0.2) is 4.90 Å². The number of nitrogens with one attached hydrogen (secondary N) is 1. The average Bonchev–Trinajstić information content (AvgIpc) is 3.31. The summed E-state index contributed by atoms with van der Waals surface area (Å²) in [5.41, 5.74) is 4.10. The highest BCUT2D eigenvalue weighted by atomic mass is 16.2. The van der Waals surface area contributed by atoms with E-state index < -0.39 is 17.7 Å². The topological polar surface area (TPSA) is 75.2 Å². The molecule has 2 aromatic heterocycles. The summed E-state index contributed by atoms with van der Waals surface area (Å²) in [6, 6.07) is 15.5. The lowest BCUT2D eigenvalue weighted by Gasteiger charge is -2.07. The number of carbonyl (C=O) groups excluding carboxylic acids is 3. The van der Waals surface area contributed by atoms with Crippen LogP contribution in [0.5, 0.6) is 0 Å². The Kier molecular flexibility index (Phi) is 2.83. The third-order valence-electron chi connectivity index (χ3n) is 5.95. The maximum Gasteiger partial charge on any atom is 0.269 e. The van der Waals surface area contributed by atoms with Gasteiger partial charge in [-0.15, -0.1) is 0 Å². The van der Waals surface area contributed by atoms with Gasteiger partial charge in [0, 0.05) is 46.5 Å². The number of rotatable bonds is 0. The second kappa shape index (κ2) is 5.11. The van der Waals surface area contributed by atoms with Crippen molar-refractivity contribution in [1.29, 1.82) is 0 Å². The Balaban J connectivity index is 1.99. The van der Waals surface area contributed by atoms with Crippen LogP contribution in [-0.2, 0) is 11.8 Å². The molecular formula is C23H15N3O3. The van der Waals surface area contributed by atoms with Crippen molar-refractivity contribution in [3.8, 4) is 0 Å². The molecular weight excluding hydrogens is 366 g/mol. The van der Waals surface area contributed by atoms with E-state index in [0.29, 0.717) is 21.9 Å². The molecule has 3 heterocycles. The fourth-order valence-electron chi connectivity index (χ4n) is 4.80. The van der Waals surface area contributed by atoms with Crippen molar-refractivity contribution in [2.75, 3.05) is 0 Å². The highest BCUT2D eigenvalue weighted by molar-refractivity contribution is 6.41. The van der Waals surface area contributed by atoms with Gasteiger partial charge in [0.15, 0.2) is 0 Å². The molecule has 0 radical (unpaired) electrons. The minimum atomic E-state index is -0.572. The molecule has 6 rings (SSSR count). The van der Waals surface area contributed by atoms with Crippen molar-refractivity contribution in [2.24, 2.45) is 7.05 Å². The number of H-pyrrole nitrogens is 1. The molecule has 3 aromatic carbocycles. The molecule has 0 bridgehead atoms. The maximum atomic E-state index is 13.3. The number of amides is 3. The average molecular weight is 381 g/mol. The van der Waals surface area contributed by atoms with Crippen molar-refractivity contribution in [3.63, 3.8) is 0 Å². The highest BCUT2D eigenvalue weighted by Crippen LogP contribution is 2.44. The highest BCUT2D eigenvalue weighted by Gasteiger charge is 2.43. The molecule has 1 aliphatic heterocycles. The van der Waals surface area contributed by atoms with E-state index in [-0.39, 0.29) is 0 Å². The van der Waals surface area contributed by atoms with Crippen LogP contribution in [0, 0.1) is 0 Å². The number of aromatic nitrogens is 2. The lowest BCUT2D eigenvalue weighted by Crippen LogP contribution is -2.34. The fraction of sp³-hybridized carbons (Fsp3) is 0.0870. The Morgan fingerprint density at radius 3 is 2.21 bits per heavy atom. The fourth-order valence-corrected chi connectivity index (χ4v) is 4.80. The second-order valence-electron chi connectivity index (χ2n) is 7.44. The van der Waals surface area contributed by atoms with Gasteiger partial charge in [-0.2, -0.15) is 0 Å². The maximum absolute atomic E-state index is 13.3. The van der Waals surface area contributed by atoms with Crippen LogP contribution in [0.25, 0.3) is 43.6 Å². The zero-order chi connectivity index (χ0) is 20.0. The predicted octanol–water partition coefficient (Wildman–Crippen LogP) is 4.11. The number of benzene rings is 3. The van der Waals surface area contributed by atoms with E-state index in [2.05, 4.69) is 4.98 Å². The van der Waals surface area contributed by atoms with Gasteiger partial charge in [-0.3, -0.25) is 14.4 Å². The van der Waals surface area contributed by atoms with E-state index in [0.717, 1.165) is 37.7 Å². The van der Waals surface area contributed by atoms with Gasteiger partial charge in [0.1, 0.15) is 0 Å². The Bertz CT molecular complexity index is 1590. The van der Waals surface area contributed by atoms with Crippen LogP contribution in [0.3, 0.4) is 0 Å². The minimum Gasteiger partial charge on any atom is -0.353 e. The summed E-state index contributed by atoms with van der Waals surface area (Å²) in [5, 5.41) is 3.14. The molecule has 3 amide bonds. The lowest BCUT2D eigenvalue weighted by atomic mass is 9.97. The molecule has 0 aliphatic carbocycles. The number of nitrogens with zero attached hydrogens (tertiary/aromatic N) is 2. The predicted molar refractivity (Wildman–Crippen MR) is 111 cm³/mol. The first-order valence-corrected chi connectivity index (χ1v) is 9.33. The first kappa shape index (κ1) is 16.1. The van der Waals surface area contributed by atoms with E-state index in [1.807, 2.05) is 60.1 Å². The van der Waals surface area contributed by atoms with Crippen LogP contribution >= 0.6 is 0 Å². The first-order valence-electron chi connectivity index (χ1n) is 9.33. The Hall–Kier alpha value is -3.93. The summed E-state index contributed by atoms with van der Waals surface area (Å²) >= 11 is 0. The van der Waals surface area contributed by atoms with E-state index in [4.69, 9.17) is 0 Å². The quantitative estimate of drug-likeness (QED) is 0.410. The van der Waals surface area contributed by atoms with Crippen LogP contribution in [0.4, 0.5) is 0 Å². The molecule has 140 valence electrons. The Labute approximate surface area is 164 Å². The molecule has 0 saturated carbocycles. The number of aromatic amines is 1. The van der Waals surface area contributed by atoms with Crippen molar-refractivity contribution in [1.82, 2.24) is 14.5 Å². The number of aryl methyl sites for hydroxylation is 1. The van der Waals surface area contributed by atoms with Gasteiger partial charge < -0.3 is 9.55 Å². The van der Waals surface area contributed by atoms with Crippen molar-refractivity contribution < 1.29 is 14.4 Å².